The zero-order valence-electron chi connectivity index (χ0n) is 23.3. The third-order valence-electron chi connectivity index (χ3n) is 6.92. The molecule has 40 heavy (non-hydrogen) atoms. The molecule has 4 aromatic rings. The van der Waals surface area contributed by atoms with E-state index < -0.39 is 15.8 Å². The van der Waals surface area contributed by atoms with Gasteiger partial charge in [0.15, 0.2) is 23.1 Å². The Bertz CT molecular complexity index is 1370. The maximum absolute atomic E-state index is 12.9. The maximum atomic E-state index is 12.9. The lowest BCUT2D eigenvalue weighted by atomic mass is 10.1. The van der Waals surface area contributed by atoms with Crippen LogP contribution < -0.4 is 21.2 Å². The van der Waals surface area contributed by atoms with Crippen molar-refractivity contribution in [2.24, 2.45) is 0 Å². The van der Waals surface area contributed by atoms with Crippen LogP contribution in [0.5, 0.6) is 0 Å². The quantitative estimate of drug-likeness (QED) is 0.164. The highest BCUT2D eigenvalue weighted by molar-refractivity contribution is 7.89. The van der Waals surface area contributed by atoms with Gasteiger partial charge < -0.3 is 0 Å². The van der Waals surface area contributed by atoms with Crippen LogP contribution in [0.15, 0.2) is 97.1 Å². The van der Waals surface area contributed by atoms with Crippen molar-refractivity contribution in [2.45, 2.75) is 40.0 Å². The number of ketones is 4. The summed E-state index contributed by atoms with van der Waals surface area (Å²) in [5, 5.41) is 3.41. The zero-order valence-corrected chi connectivity index (χ0v) is 25.1. The summed E-state index contributed by atoms with van der Waals surface area (Å²) in [6, 6.07) is 30.4. The SMILES string of the molecule is CC(=O)c1ccccc1P(c1ccccc1C(C)=O)C(C)P(c1ccccc1C(C)=O)c1ccccc1C(C)=O. The molecule has 0 aliphatic carbocycles. The molecule has 0 saturated heterocycles. The first-order valence-corrected chi connectivity index (χ1v) is 15.9. The third-order valence-corrected chi connectivity index (χ3v) is 13.4. The highest BCUT2D eigenvalue weighted by Crippen LogP contribution is 2.57. The molecule has 0 saturated carbocycles. The van der Waals surface area contributed by atoms with Gasteiger partial charge in [-0.2, -0.15) is 0 Å². The van der Waals surface area contributed by atoms with Crippen molar-refractivity contribution >= 4 is 60.2 Å². The van der Waals surface area contributed by atoms with Crippen molar-refractivity contribution in [3.05, 3.63) is 119 Å². The van der Waals surface area contributed by atoms with Crippen LogP contribution in [0.4, 0.5) is 0 Å². The van der Waals surface area contributed by atoms with Crippen LogP contribution in [-0.4, -0.2) is 28.5 Å². The van der Waals surface area contributed by atoms with Crippen molar-refractivity contribution in [2.75, 3.05) is 0 Å². The second-order valence-corrected chi connectivity index (χ2v) is 15.0. The smallest absolute Gasteiger partial charge is 0.160 e. The van der Waals surface area contributed by atoms with E-state index in [0.29, 0.717) is 22.3 Å². The molecule has 0 heterocycles. The van der Waals surface area contributed by atoms with Gasteiger partial charge in [-0.05, 0) is 64.8 Å². The average Bonchev–Trinajstić information content (AvgIpc) is 2.94. The molecule has 0 spiro atoms. The number of rotatable bonds is 10. The second kappa shape index (κ2) is 12.7. The third kappa shape index (κ3) is 5.94. The lowest BCUT2D eigenvalue weighted by molar-refractivity contribution is 0.101. The second-order valence-electron chi connectivity index (χ2n) is 9.67. The minimum atomic E-state index is -1.30. The first-order chi connectivity index (χ1) is 19.1. The van der Waals surface area contributed by atoms with Gasteiger partial charge >= 0.3 is 0 Å². The van der Waals surface area contributed by atoms with Gasteiger partial charge in [-0.15, -0.1) is 0 Å². The Kier molecular flexibility index (Phi) is 9.36. The molecule has 4 nitrogen and oxygen atoms in total. The van der Waals surface area contributed by atoms with Crippen LogP contribution in [0, 0.1) is 0 Å². The van der Waals surface area contributed by atoms with Gasteiger partial charge in [0.25, 0.3) is 0 Å². The van der Waals surface area contributed by atoms with E-state index in [0.717, 1.165) is 21.2 Å². The summed E-state index contributed by atoms with van der Waals surface area (Å²) in [5.41, 5.74) is 2.48. The minimum Gasteiger partial charge on any atom is -0.294 e. The Morgan fingerprint density at radius 1 is 0.425 bits per heavy atom. The molecule has 0 aliphatic heterocycles. The molecule has 0 unspecified atom stereocenters. The van der Waals surface area contributed by atoms with Crippen molar-refractivity contribution in [3.8, 4) is 0 Å². The number of benzene rings is 4. The Hall–Kier alpha value is -3.58. The van der Waals surface area contributed by atoms with E-state index >= 15 is 0 Å². The van der Waals surface area contributed by atoms with Crippen LogP contribution in [0.25, 0.3) is 0 Å². The van der Waals surface area contributed by atoms with Gasteiger partial charge in [0.1, 0.15) is 0 Å². The normalized spacial score (nSPS) is 11.2. The highest BCUT2D eigenvalue weighted by atomic mass is 31.2. The van der Waals surface area contributed by atoms with Crippen LogP contribution >= 0.6 is 15.8 Å². The van der Waals surface area contributed by atoms with Crippen molar-refractivity contribution < 1.29 is 19.2 Å². The minimum absolute atomic E-state index is 0.0480. The Morgan fingerprint density at radius 3 is 0.825 bits per heavy atom. The molecule has 0 aliphatic rings. The molecule has 0 amide bonds. The first-order valence-electron chi connectivity index (χ1n) is 13.1. The molecule has 6 heteroatoms. The summed E-state index contributed by atoms with van der Waals surface area (Å²) in [4.78, 5) is 51.6. The highest BCUT2D eigenvalue weighted by Gasteiger charge is 2.36. The summed E-state index contributed by atoms with van der Waals surface area (Å²) >= 11 is 0. The van der Waals surface area contributed by atoms with Crippen molar-refractivity contribution in [1.29, 1.82) is 0 Å². The topological polar surface area (TPSA) is 68.3 Å². The number of hydrogen-bond acceptors (Lipinski definition) is 4. The molecule has 4 aromatic carbocycles. The summed E-state index contributed by atoms with van der Waals surface area (Å²) in [6.07, 6.45) is 0. The Labute approximate surface area is 238 Å². The number of carbonyl (C=O) groups is 4. The van der Waals surface area contributed by atoms with E-state index in [2.05, 4.69) is 6.92 Å². The predicted molar refractivity (Wildman–Crippen MR) is 168 cm³/mol. The van der Waals surface area contributed by atoms with E-state index in [1.165, 1.54) is 0 Å². The van der Waals surface area contributed by atoms with Crippen LogP contribution in [0.3, 0.4) is 0 Å². The lowest BCUT2D eigenvalue weighted by Gasteiger charge is -2.36. The van der Waals surface area contributed by atoms with Gasteiger partial charge in [-0.1, -0.05) is 104 Å². The monoisotopic (exact) mass is 566 g/mol. The lowest BCUT2D eigenvalue weighted by Crippen LogP contribution is -2.32. The number of Topliss-reactive ketones (excluding diaryl/α,β-unsaturated/α-hetero) is 4. The van der Waals surface area contributed by atoms with E-state index in [-0.39, 0.29) is 28.5 Å². The number of hydrogen-bond donors (Lipinski definition) is 0. The van der Waals surface area contributed by atoms with Gasteiger partial charge in [-0.25, -0.2) is 0 Å². The van der Waals surface area contributed by atoms with E-state index in [4.69, 9.17) is 0 Å². The van der Waals surface area contributed by atoms with E-state index in [9.17, 15) is 19.2 Å². The van der Waals surface area contributed by atoms with Crippen LogP contribution in [-0.2, 0) is 0 Å². The molecule has 0 N–H and O–H groups in total. The molecule has 0 radical (unpaired) electrons. The summed E-state index contributed by atoms with van der Waals surface area (Å²) < 4.78 is 0. The molecule has 0 fully saturated rings. The summed E-state index contributed by atoms with van der Waals surface area (Å²) in [5.74, 6) is -0.192. The summed E-state index contributed by atoms with van der Waals surface area (Å²) in [6.45, 7) is 8.39. The molecule has 4 rings (SSSR count). The standard InChI is InChI=1S/C34H32O4P2/c1-22(35)27-14-6-10-18-31(27)39(32-19-11-7-15-28(32)23(2)36)26(5)40(33-20-12-8-16-29(33)24(3)37)34-21-13-9-17-30(34)25(4)38/h6-21,26H,1-5H3. The van der Waals surface area contributed by atoms with E-state index in [1.54, 1.807) is 27.7 Å². The molecular formula is C34H32O4P2. The number of carbonyl (C=O) groups excluding carboxylic acids is 4. The molecular weight excluding hydrogens is 534 g/mol. The maximum Gasteiger partial charge on any atom is 0.160 e. The fraction of sp³-hybridized carbons (Fsp3) is 0.176. The van der Waals surface area contributed by atoms with E-state index in [1.807, 2.05) is 97.1 Å². The largest absolute Gasteiger partial charge is 0.294 e. The van der Waals surface area contributed by atoms with Gasteiger partial charge in [0.05, 0.1) is 0 Å². The van der Waals surface area contributed by atoms with Gasteiger partial charge in [-0.3, -0.25) is 19.2 Å². The molecule has 0 bridgehead atoms. The molecule has 0 aromatic heterocycles. The fourth-order valence-corrected chi connectivity index (χ4v) is 12.6. The Balaban J connectivity index is 2.11. The van der Waals surface area contributed by atoms with Crippen LogP contribution in [0.1, 0.15) is 76.1 Å². The van der Waals surface area contributed by atoms with Crippen molar-refractivity contribution in [1.82, 2.24) is 0 Å². The fourth-order valence-electron chi connectivity index (χ4n) is 5.11. The average molecular weight is 567 g/mol. The van der Waals surface area contributed by atoms with Gasteiger partial charge in [0.2, 0.25) is 0 Å². The predicted octanol–water partition coefficient (Wildman–Crippen LogP) is 6.41. The van der Waals surface area contributed by atoms with Crippen LogP contribution in [0.2, 0.25) is 0 Å². The zero-order chi connectivity index (χ0) is 29.0. The molecule has 202 valence electrons. The van der Waals surface area contributed by atoms with Gasteiger partial charge in [0, 0.05) is 27.7 Å². The first kappa shape index (κ1) is 29.4. The summed E-state index contributed by atoms with van der Waals surface area (Å²) in [7, 11) is -2.61. The Morgan fingerprint density at radius 2 is 0.625 bits per heavy atom. The molecule has 0 atom stereocenters. The van der Waals surface area contributed by atoms with Crippen molar-refractivity contribution in [3.63, 3.8) is 0 Å².